The summed E-state index contributed by atoms with van der Waals surface area (Å²) in [5.41, 5.74) is 0. The number of nitrogens with one attached hydrogen (secondary N) is 1. The molecule has 1 aliphatic carbocycles. The molecule has 0 radical (unpaired) electrons. The third-order valence-electron chi connectivity index (χ3n) is 3.71. The number of rotatable bonds is 3. The molecule has 2 aromatic heterocycles. The van der Waals surface area contributed by atoms with Gasteiger partial charge in [-0.3, -0.25) is 5.10 Å². The lowest BCUT2D eigenvalue weighted by Gasteiger charge is -2.19. The van der Waals surface area contributed by atoms with Crippen LogP contribution < -0.4 is 0 Å². The molecule has 6 heteroatoms. The van der Waals surface area contributed by atoms with Gasteiger partial charge in [0.2, 0.25) is 4.77 Å². The highest BCUT2D eigenvalue weighted by molar-refractivity contribution is 7.71. The van der Waals surface area contributed by atoms with E-state index >= 15 is 0 Å². The molecule has 1 fully saturated rings. The minimum absolute atomic E-state index is 0.451. The minimum Gasteiger partial charge on any atom is -0.460 e. The molecular formula is C14H18N4OS. The molecule has 2 heterocycles. The molecule has 0 aliphatic heterocycles. The SMILES string of the molecule is Cc1ccc(/C=N\n2c(C3CCCCC3)n[nH]c2=S)o1. The van der Waals surface area contributed by atoms with Crippen LogP contribution in [0, 0.1) is 11.7 Å². The molecule has 0 aromatic carbocycles. The predicted octanol–water partition coefficient (Wildman–Crippen LogP) is 3.77. The fourth-order valence-corrected chi connectivity index (χ4v) is 2.86. The third-order valence-corrected chi connectivity index (χ3v) is 3.97. The first-order chi connectivity index (χ1) is 9.74. The van der Waals surface area contributed by atoms with Gasteiger partial charge in [-0.15, -0.1) is 0 Å². The number of nitrogens with zero attached hydrogens (tertiary/aromatic N) is 3. The van der Waals surface area contributed by atoms with Crippen LogP contribution in [-0.4, -0.2) is 21.1 Å². The maximum atomic E-state index is 5.48. The van der Waals surface area contributed by atoms with Gasteiger partial charge >= 0.3 is 0 Å². The second-order valence-electron chi connectivity index (χ2n) is 5.23. The van der Waals surface area contributed by atoms with Gasteiger partial charge in [-0.05, 0) is 44.1 Å². The largest absolute Gasteiger partial charge is 0.460 e. The van der Waals surface area contributed by atoms with Crippen molar-refractivity contribution in [1.29, 1.82) is 0 Å². The van der Waals surface area contributed by atoms with Crippen molar-refractivity contribution in [3.8, 4) is 0 Å². The van der Waals surface area contributed by atoms with E-state index < -0.39 is 0 Å². The molecule has 1 saturated carbocycles. The second kappa shape index (κ2) is 5.75. The van der Waals surface area contributed by atoms with Gasteiger partial charge < -0.3 is 4.42 Å². The molecule has 0 atom stereocenters. The number of hydrogen-bond acceptors (Lipinski definition) is 4. The molecule has 0 bridgehead atoms. The zero-order valence-electron chi connectivity index (χ0n) is 11.5. The third kappa shape index (κ3) is 2.75. The van der Waals surface area contributed by atoms with Crippen molar-refractivity contribution in [3.63, 3.8) is 0 Å². The lowest BCUT2D eigenvalue weighted by atomic mass is 9.89. The molecule has 20 heavy (non-hydrogen) atoms. The predicted molar refractivity (Wildman–Crippen MR) is 79.7 cm³/mol. The Morgan fingerprint density at radius 2 is 2.20 bits per heavy atom. The molecule has 1 aliphatic rings. The molecule has 2 aromatic rings. The first-order valence-corrected chi connectivity index (χ1v) is 7.43. The normalized spacial score (nSPS) is 17.1. The Hall–Kier alpha value is -1.69. The number of hydrogen-bond donors (Lipinski definition) is 1. The highest BCUT2D eigenvalue weighted by Crippen LogP contribution is 2.31. The van der Waals surface area contributed by atoms with Crippen molar-refractivity contribution < 1.29 is 4.42 Å². The summed E-state index contributed by atoms with van der Waals surface area (Å²) in [6.07, 6.45) is 7.84. The monoisotopic (exact) mass is 290 g/mol. The fourth-order valence-electron chi connectivity index (χ4n) is 2.68. The van der Waals surface area contributed by atoms with Crippen molar-refractivity contribution in [2.75, 3.05) is 0 Å². The molecular weight excluding hydrogens is 272 g/mol. The fraction of sp³-hybridized carbons (Fsp3) is 0.500. The molecule has 0 saturated heterocycles. The molecule has 0 amide bonds. The van der Waals surface area contributed by atoms with Crippen molar-refractivity contribution in [2.24, 2.45) is 5.10 Å². The molecule has 1 N–H and O–H groups in total. The van der Waals surface area contributed by atoms with Crippen LogP contribution in [0.1, 0.15) is 55.4 Å². The average Bonchev–Trinajstić information content (AvgIpc) is 3.04. The quantitative estimate of drug-likeness (QED) is 0.691. The maximum absolute atomic E-state index is 5.48. The Balaban J connectivity index is 1.87. The van der Waals surface area contributed by atoms with Crippen LogP contribution >= 0.6 is 12.2 Å². The first kappa shape index (κ1) is 13.3. The van der Waals surface area contributed by atoms with Gasteiger partial charge in [0.1, 0.15) is 11.5 Å². The Morgan fingerprint density at radius 1 is 1.40 bits per heavy atom. The number of furan rings is 1. The Bertz CT molecular complexity index is 661. The van der Waals surface area contributed by atoms with Crippen LogP contribution in [0.5, 0.6) is 0 Å². The smallest absolute Gasteiger partial charge is 0.216 e. The van der Waals surface area contributed by atoms with E-state index in [1.807, 2.05) is 19.1 Å². The van der Waals surface area contributed by atoms with Crippen LogP contribution in [0.25, 0.3) is 0 Å². The summed E-state index contributed by atoms with van der Waals surface area (Å²) in [5.74, 6) is 2.98. The summed E-state index contributed by atoms with van der Waals surface area (Å²) in [6.45, 7) is 1.91. The molecule has 0 spiro atoms. The van der Waals surface area contributed by atoms with Crippen molar-refractivity contribution in [2.45, 2.75) is 44.9 Å². The summed E-state index contributed by atoms with van der Waals surface area (Å²) in [5, 5.41) is 11.6. The lowest BCUT2D eigenvalue weighted by molar-refractivity contribution is 0.419. The summed E-state index contributed by atoms with van der Waals surface area (Å²) < 4.78 is 7.74. The van der Waals surface area contributed by atoms with Gasteiger partial charge in [0, 0.05) is 5.92 Å². The summed E-state index contributed by atoms with van der Waals surface area (Å²) in [4.78, 5) is 0. The maximum Gasteiger partial charge on any atom is 0.216 e. The van der Waals surface area contributed by atoms with Crippen LogP contribution in [0.2, 0.25) is 0 Å². The number of aromatic nitrogens is 3. The summed E-state index contributed by atoms with van der Waals surface area (Å²) >= 11 is 5.26. The summed E-state index contributed by atoms with van der Waals surface area (Å²) in [7, 11) is 0. The highest BCUT2D eigenvalue weighted by Gasteiger charge is 2.21. The zero-order chi connectivity index (χ0) is 13.9. The first-order valence-electron chi connectivity index (χ1n) is 7.02. The zero-order valence-corrected chi connectivity index (χ0v) is 12.3. The van der Waals surface area contributed by atoms with Crippen LogP contribution in [0.15, 0.2) is 21.7 Å². The van der Waals surface area contributed by atoms with E-state index in [1.54, 1.807) is 10.9 Å². The van der Waals surface area contributed by atoms with E-state index in [0.29, 0.717) is 10.7 Å². The summed E-state index contributed by atoms with van der Waals surface area (Å²) in [6, 6.07) is 3.81. The van der Waals surface area contributed by atoms with E-state index in [-0.39, 0.29) is 0 Å². The van der Waals surface area contributed by atoms with Gasteiger partial charge in [0.25, 0.3) is 0 Å². The van der Waals surface area contributed by atoms with Crippen LogP contribution in [0.3, 0.4) is 0 Å². The van der Waals surface area contributed by atoms with E-state index in [9.17, 15) is 0 Å². The van der Waals surface area contributed by atoms with Crippen molar-refractivity contribution >= 4 is 18.4 Å². The van der Waals surface area contributed by atoms with Crippen molar-refractivity contribution in [3.05, 3.63) is 34.2 Å². The van der Waals surface area contributed by atoms with Gasteiger partial charge in [0.15, 0.2) is 5.82 Å². The Labute approximate surface area is 122 Å². The highest BCUT2D eigenvalue weighted by atomic mass is 32.1. The standard InChI is InChI=1S/C14H18N4OS/c1-10-7-8-12(19-10)9-15-18-13(16-17-14(18)20)11-5-3-2-4-6-11/h7-9,11H,2-6H2,1H3,(H,17,20)/b15-9-. The van der Waals surface area contributed by atoms with E-state index in [4.69, 9.17) is 16.6 Å². The number of H-pyrrole nitrogens is 1. The van der Waals surface area contributed by atoms with Gasteiger partial charge in [-0.2, -0.15) is 14.9 Å². The van der Waals surface area contributed by atoms with Gasteiger partial charge in [-0.25, -0.2) is 0 Å². The van der Waals surface area contributed by atoms with Crippen LogP contribution in [-0.2, 0) is 0 Å². The topological polar surface area (TPSA) is 59.1 Å². The van der Waals surface area contributed by atoms with Gasteiger partial charge in [0.05, 0.1) is 6.21 Å². The van der Waals surface area contributed by atoms with Crippen LogP contribution in [0.4, 0.5) is 0 Å². The van der Waals surface area contributed by atoms with E-state index in [1.165, 1.54) is 19.3 Å². The van der Waals surface area contributed by atoms with E-state index in [0.717, 1.165) is 30.2 Å². The molecule has 0 unspecified atom stereocenters. The average molecular weight is 290 g/mol. The number of aromatic amines is 1. The van der Waals surface area contributed by atoms with Crippen molar-refractivity contribution in [1.82, 2.24) is 14.9 Å². The number of aryl methyl sites for hydroxylation is 1. The Morgan fingerprint density at radius 3 is 2.90 bits per heavy atom. The molecule has 3 rings (SSSR count). The molecule has 106 valence electrons. The molecule has 5 nitrogen and oxygen atoms in total. The van der Waals surface area contributed by atoms with Gasteiger partial charge in [-0.1, -0.05) is 19.3 Å². The Kier molecular flexibility index (Phi) is 3.82. The minimum atomic E-state index is 0.451. The lowest BCUT2D eigenvalue weighted by Crippen LogP contribution is -2.10. The second-order valence-corrected chi connectivity index (χ2v) is 5.61. The van der Waals surface area contributed by atoms with E-state index in [2.05, 4.69) is 15.3 Å².